The normalized spacial score (nSPS) is 28.0. The van der Waals surface area contributed by atoms with Gasteiger partial charge in [0.05, 0.1) is 23.4 Å². The third-order valence-electron chi connectivity index (χ3n) is 6.71. The predicted octanol–water partition coefficient (Wildman–Crippen LogP) is 4.63. The third kappa shape index (κ3) is 2.47. The molecule has 1 spiro atoms. The first-order chi connectivity index (χ1) is 13.1. The van der Waals surface area contributed by atoms with Crippen LogP contribution in [0.15, 0.2) is 53.1 Å². The Kier molecular flexibility index (Phi) is 3.88. The fourth-order valence-electron chi connectivity index (χ4n) is 5.22. The van der Waals surface area contributed by atoms with Gasteiger partial charge in [-0.15, -0.1) is 0 Å². The molecule has 1 aliphatic carbocycles. The van der Waals surface area contributed by atoms with Crippen LogP contribution in [0, 0.1) is 0 Å². The third-order valence-corrected chi connectivity index (χ3v) is 6.71. The lowest BCUT2D eigenvalue weighted by molar-refractivity contribution is -0.113. The molecule has 1 saturated carbocycles. The molecule has 3 heterocycles. The maximum absolute atomic E-state index is 6.51. The average Bonchev–Trinajstić information content (AvgIpc) is 3.09. The maximum Gasteiger partial charge on any atom is 0.134 e. The summed E-state index contributed by atoms with van der Waals surface area (Å²) in [5.74, 6) is 1.12. The van der Waals surface area contributed by atoms with E-state index in [2.05, 4.69) is 49.3 Å². The Bertz CT molecular complexity index is 953. The lowest BCUT2D eigenvalue weighted by Gasteiger charge is -2.50. The topological polar surface area (TPSA) is 38.5 Å². The highest BCUT2D eigenvalue weighted by Crippen LogP contribution is 2.53. The van der Waals surface area contributed by atoms with E-state index in [1.807, 2.05) is 18.3 Å². The summed E-state index contributed by atoms with van der Waals surface area (Å²) in [5, 5.41) is 1.22. The van der Waals surface area contributed by atoms with E-state index in [-0.39, 0.29) is 11.1 Å². The van der Waals surface area contributed by atoms with Gasteiger partial charge in [0, 0.05) is 23.6 Å². The number of ether oxygens (including phenoxy) is 1. The van der Waals surface area contributed by atoms with Gasteiger partial charge in [0.15, 0.2) is 0 Å². The molecule has 0 bridgehead atoms. The van der Waals surface area contributed by atoms with Crippen LogP contribution in [0.2, 0.25) is 0 Å². The molecule has 1 aliphatic heterocycles. The fourth-order valence-corrected chi connectivity index (χ4v) is 5.22. The van der Waals surface area contributed by atoms with E-state index in [1.54, 1.807) is 0 Å². The highest BCUT2D eigenvalue weighted by Gasteiger charge is 2.50. The van der Waals surface area contributed by atoms with E-state index in [4.69, 9.17) is 14.1 Å². The zero-order valence-electron chi connectivity index (χ0n) is 16.1. The van der Waals surface area contributed by atoms with Crippen LogP contribution < -0.4 is 0 Å². The highest BCUT2D eigenvalue weighted by atomic mass is 16.5. The van der Waals surface area contributed by atoms with Crippen molar-refractivity contribution in [1.82, 2.24) is 9.88 Å². The number of benzene rings is 1. The second kappa shape index (κ2) is 6.18. The number of hydrogen-bond donors (Lipinski definition) is 0. The minimum absolute atomic E-state index is 0.0347. The lowest BCUT2D eigenvalue weighted by atomic mass is 9.68. The van der Waals surface area contributed by atoms with Gasteiger partial charge in [-0.3, -0.25) is 9.88 Å². The zero-order chi connectivity index (χ0) is 18.5. The molecule has 0 amide bonds. The number of para-hydroxylation sites is 1. The van der Waals surface area contributed by atoms with E-state index in [0.29, 0.717) is 0 Å². The highest BCUT2D eigenvalue weighted by molar-refractivity contribution is 5.83. The molecule has 2 aliphatic rings. The summed E-state index contributed by atoms with van der Waals surface area (Å²) in [4.78, 5) is 7.06. The first kappa shape index (κ1) is 17.0. The van der Waals surface area contributed by atoms with Crippen LogP contribution in [0.3, 0.4) is 0 Å². The monoisotopic (exact) mass is 362 g/mol. The Labute approximate surface area is 160 Å². The van der Waals surface area contributed by atoms with Gasteiger partial charge in [0.2, 0.25) is 0 Å². The maximum atomic E-state index is 6.51. The Balaban J connectivity index is 1.56. The number of hydrogen-bond acceptors (Lipinski definition) is 4. The summed E-state index contributed by atoms with van der Waals surface area (Å²) < 4.78 is 12.7. The molecule has 3 aromatic rings. The molecule has 27 heavy (non-hydrogen) atoms. The second-order valence-corrected chi connectivity index (χ2v) is 8.13. The number of furan rings is 1. The molecule has 0 N–H and O–H groups in total. The fraction of sp³-hybridized carbons (Fsp3) is 0.435. The summed E-state index contributed by atoms with van der Waals surface area (Å²) >= 11 is 0. The van der Waals surface area contributed by atoms with Gasteiger partial charge in [-0.2, -0.15) is 0 Å². The molecule has 140 valence electrons. The van der Waals surface area contributed by atoms with Crippen molar-refractivity contribution < 1.29 is 9.15 Å². The van der Waals surface area contributed by atoms with Crippen LogP contribution in [0.5, 0.6) is 0 Å². The summed E-state index contributed by atoms with van der Waals surface area (Å²) in [6.45, 7) is 0.741. The van der Waals surface area contributed by atoms with Gasteiger partial charge in [0.1, 0.15) is 11.3 Å². The van der Waals surface area contributed by atoms with Crippen LogP contribution in [0.4, 0.5) is 0 Å². The van der Waals surface area contributed by atoms with Gasteiger partial charge in [-0.05, 0) is 58.0 Å². The largest absolute Gasteiger partial charge is 0.461 e. The molecule has 4 nitrogen and oxygen atoms in total. The molecular weight excluding hydrogens is 336 g/mol. The number of aromatic nitrogens is 1. The van der Waals surface area contributed by atoms with Crippen molar-refractivity contribution >= 4 is 11.0 Å². The van der Waals surface area contributed by atoms with Crippen molar-refractivity contribution in [1.29, 1.82) is 0 Å². The van der Waals surface area contributed by atoms with Gasteiger partial charge >= 0.3 is 0 Å². The van der Waals surface area contributed by atoms with E-state index < -0.39 is 0 Å². The summed E-state index contributed by atoms with van der Waals surface area (Å²) in [6.07, 6.45) is 6.79. The predicted molar refractivity (Wildman–Crippen MR) is 106 cm³/mol. The molecular formula is C23H26N2O2. The second-order valence-electron chi connectivity index (χ2n) is 8.13. The number of nitrogens with zero attached hydrogens (tertiary/aromatic N) is 2. The zero-order valence-corrected chi connectivity index (χ0v) is 16.1. The van der Waals surface area contributed by atoms with Gasteiger partial charge in [-0.25, -0.2) is 0 Å². The van der Waals surface area contributed by atoms with Crippen LogP contribution in [0.1, 0.15) is 42.7 Å². The average molecular weight is 362 g/mol. The van der Waals surface area contributed by atoms with Crippen molar-refractivity contribution in [3.8, 4) is 0 Å². The van der Waals surface area contributed by atoms with E-state index in [0.717, 1.165) is 55.7 Å². The molecule has 0 unspecified atom stereocenters. The molecule has 0 radical (unpaired) electrons. The van der Waals surface area contributed by atoms with Crippen LogP contribution in [-0.4, -0.2) is 30.6 Å². The summed E-state index contributed by atoms with van der Waals surface area (Å²) in [5.41, 5.74) is 3.19. The lowest BCUT2D eigenvalue weighted by Crippen LogP contribution is -2.50. The Hall–Kier alpha value is -2.17. The van der Waals surface area contributed by atoms with Crippen molar-refractivity contribution in [2.24, 2.45) is 0 Å². The smallest absolute Gasteiger partial charge is 0.134 e. The van der Waals surface area contributed by atoms with Crippen molar-refractivity contribution in [3.05, 3.63) is 65.7 Å². The minimum atomic E-state index is -0.228. The van der Waals surface area contributed by atoms with Crippen LogP contribution in [-0.2, 0) is 22.3 Å². The van der Waals surface area contributed by atoms with Crippen molar-refractivity contribution in [2.45, 2.75) is 43.2 Å². The quantitative estimate of drug-likeness (QED) is 0.666. The molecule has 1 fully saturated rings. The van der Waals surface area contributed by atoms with Gasteiger partial charge in [-0.1, -0.05) is 24.3 Å². The van der Waals surface area contributed by atoms with Crippen molar-refractivity contribution in [3.63, 3.8) is 0 Å². The molecule has 2 aromatic heterocycles. The first-order valence-corrected chi connectivity index (χ1v) is 9.88. The van der Waals surface area contributed by atoms with Gasteiger partial charge < -0.3 is 9.15 Å². The Morgan fingerprint density at radius 3 is 2.48 bits per heavy atom. The van der Waals surface area contributed by atoms with E-state index in [9.17, 15) is 0 Å². The van der Waals surface area contributed by atoms with E-state index >= 15 is 0 Å². The van der Waals surface area contributed by atoms with Crippen LogP contribution in [0.25, 0.3) is 11.0 Å². The molecule has 4 heteroatoms. The van der Waals surface area contributed by atoms with Crippen LogP contribution >= 0.6 is 0 Å². The van der Waals surface area contributed by atoms with E-state index in [1.165, 1.54) is 10.9 Å². The molecule has 0 saturated heterocycles. The number of pyridine rings is 1. The molecule has 1 aromatic carbocycles. The SMILES string of the molecule is CN(C)C1(c2ccccn2)CCC2(CC1)OCCc1oc3ccccc3c12. The minimum Gasteiger partial charge on any atom is -0.461 e. The number of fused-ring (bicyclic) bond motifs is 4. The number of rotatable bonds is 2. The summed E-state index contributed by atoms with van der Waals surface area (Å²) in [7, 11) is 4.35. The van der Waals surface area contributed by atoms with Gasteiger partial charge in [0.25, 0.3) is 0 Å². The standard InChI is InChI=1S/C23H26N2O2/c1-25(2)22(20-9-5-6-15-24-20)11-13-23(14-12-22)21-17-7-3-4-8-18(17)27-19(21)10-16-26-23/h3-9,15H,10-14,16H2,1-2H3. The van der Waals surface area contributed by atoms with Crippen molar-refractivity contribution in [2.75, 3.05) is 20.7 Å². The Morgan fingerprint density at radius 2 is 1.74 bits per heavy atom. The molecule has 5 rings (SSSR count). The summed E-state index contributed by atoms with van der Waals surface area (Å²) in [6, 6.07) is 14.6. The Morgan fingerprint density at radius 1 is 0.963 bits per heavy atom. The first-order valence-electron chi connectivity index (χ1n) is 9.88. The molecule has 0 atom stereocenters.